The predicted molar refractivity (Wildman–Crippen MR) is 125 cm³/mol. The zero-order chi connectivity index (χ0) is 24.2. The van der Waals surface area contributed by atoms with Crippen LogP contribution < -0.4 is 5.32 Å². The van der Waals surface area contributed by atoms with Crippen molar-refractivity contribution in [1.29, 1.82) is 0 Å². The summed E-state index contributed by atoms with van der Waals surface area (Å²) in [6.07, 6.45) is -0.683. The van der Waals surface area contributed by atoms with Crippen molar-refractivity contribution in [2.75, 3.05) is 26.8 Å². The van der Waals surface area contributed by atoms with Gasteiger partial charge in [-0.1, -0.05) is 48.5 Å². The number of nitrogens with one attached hydrogen (secondary N) is 1. The van der Waals surface area contributed by atoms with Gasteiger partial charge in [-0.2, -0.15) is 0 Å². The number of methoxy groups -OCH3 is 1. The van der Waals surface area contributed by atoms with E-state index >= 15 is 0 Å². The van der Waals surface area contributed by atoms with E-state index in [0.717, 1.165) is 22.3 Å². The highest BCUT2D eigenvalue weighted by molar-refractivity contribution is 5.83. The minimum absolute atomic E-state index is 0.0302. The number of carbonyl (C=O) groups excluding carboxylic acids is 2. The molecule has 8 nitrogen and oxygen atoms in total. The van der Waals surface area contributed by atoms with Crippen molar-refractivity contribution in [2.24, 2.45) is 5.92 Å². The van der Waals surface area contributed by atoms with E-state index in [1.54, 1.807) is 4.90 Å². The number of ether oxygens (including phenoxy) is 2. The number of likely N-dealkylation sites (tertiary alicyclic amines) is 1. The van der Waals surface area contributed by atoms with Crippen molar-refractivity contribution in [1.82, 2.24) is 10.2 Å². The molecule has 1 unspecified atom stereocenters. The Balaban J connectivity index is 1.31. The highest BCUT2D eigenvalue weighted by Crippen LogP contribution is 2.44. The summed E-state index contributed by atoms with van der Waals surface area (Å²) in [6, 6.07) is 16.0. The Morgan fingerprint density at radius 1 is 1.09 bits per heavy atom. The number of hydrogen-bond donors (Lipinski definition) is 2. The summed E-state index contributed by atoms with van der Waals surface area (Å²) < 4.78 is 10.9. The molecular weight excluding hydrogens is 436 g/mol. The highest BCUT2D eigenvalue weighted by Gasteiger charge is 2.35. The van der Waals surface area contributed by atoms with Gasteiger partial charge in [0.25, 0.3) is 5.91 Å². The average Bonchev–Trinajstić information content (AvgIpc) is 3.16. The number of carboxylic acid groups (broad SMARTS) is 1. The molecule has 2 amide bonds. The summed E-state index contributed by atoms with van der Waals surface area (Å²) in [5.41, 5.74) is 4.55. The van der Waals surface area contributed by atoms with E-state index in [-0.39, 0.29) is 31.0 Å². The van der Waals surface area contributed by atoms with Gasteiger partial charge in [0.2, 0.25) is 0 Å². The van der Waals surface area contributed by atoms with E-state index in [9.17, 15) is 19.5 Å². The summed E-state index contributed by atoms with van der Waals surface area (Å²) in [6.45, 7) is 2.34. The Bertz CT molecular complexity index is 1030. The first-order valence-corrected chi connectivity index (χ1v) is 11.6. The Hall–Kier alpha value is -3.39. The quantitative estimate of drug-likeness (QED) is 0.649. The summed E-state index contributed by atoms with van der Waals surface area (Å²) in [5, 5.41) is 11.9. The van der Waals surface area contributed by atoms with Gasteiger partial charge in [0.15, 0.2) is 6.10 Å². The Labute approximate surface area is 198 Å². The van der Waals surface area contributed by atoms with Crippen LogP contribution in [0.5, 0.6) is 0 Å². The number of hydrogen-bond acceptors (Lipinski definition) is 5. The molecule has 0 saturated carbocycles. The monoisotopic (exact) mass is 466 g/mol. The second-order valence-electron chi connectivity index (χ2n) is 8.87. The van der Waals surface area contributed by atoms with Crippen molar-refractivity contribution in [3.63, 3.8) is 0 Å². The molecule has 1 saturated heterocycles. The molecular formula is C26H30N2O6. The van der Waals surface area contributed by atoms with Crippen LogP contribution in [-0.2, 0) is 19.1 Å². The predicted octanol–water partition coefficient (Wildman–Crippen LogP) is 3.25. The first kappa shape index (κ1) is 23.8. The van der Waals surface area contributed by atoms with Crippen LogP contribution in [0.25, 0.3) is 11.1 Å². The van der Waals surface area contributed by atoms with Gasteiger partial charge in [-0.05, 0) is 42.0 Å². The molecule has 34 heavy (non-hydrogen) atoms. The SMILES string of the molecule is COC(CNC(=O)OCC1c2ccccc2-c2ccccc21)C(=O)N1CC[C@@H](C(=O)O)C[C@H]1C. The average molecular weight is 467 g/mol. The molecule has 180 valence electrons. The number of nitrogens with zero attached hydrogens (tertiary/aromatic N) is 1. The van der Waals surface area contributed by atoms with Crippen LogP contribution in [-0.4, -0.2) is 66.9 Å². The van der Waals surface area contributed by atoms with Gasteiger partial charge in [-0.25, -0.2) is 4.79 Å². The van der Waals surface area contributed by atoms with Crippen LogP contribution >= 0.6 is 0 Å². The van der Waals surface area contributed by atoms with E-state index in [4.69, 9.17) is 9.47 Å². The lowest BCUT2D eigenvalue weighted by Crippen LogP contribution is -2.52. The molecule has 4 rings (SSSR count). The zero-order valence-corrected chi connectivity index (χ0v) is 19.4. The van der Waals surface area contributed by atoms with Gasteiger partial charge in [0, 0.05) is 25.6 Å². The molecule has 1 heterocycles. The van der Waals surface area contributed by atoms with Crippen LogP contribution in [0.2, 0.25) is 0 Å². The first-order valence-electron chi connectivity index (χ1n) is 11.6. The number of carboxylic acids is 1. The third-order valence-corrected chi connectivity index (χ3v) is 6.84. The third kappa shape index (κ3) is 4.77. The molecule has 2 aromatic rings. The van der Waals surface area contributed by atoms with Crippen LogP contribution in [0.3, 0.4) is 0 Å². The smallest absolute Gasteiger partial charge is 0.407 e. The fourth-order valence-electron chi connectivity index (χ4n) is 5.01. The van der Waals surface area contributed by atoms with Crippen molar-refractivity contribution in [3.05, 3.63) is 59.7 Å². The maximum atomic E-state index is 12.9. The molecule has 0 radical (unpaired) electrons. The van der Waals surface area contributed by atoms with E-state index in [0.29, 0.717) is 19.4 Å². The Kier molecular flexibility index (Phi) is 7.17. The number of amides is 2. The number of aliphatic carboxylic acids is 1. The van der Waals surface area contributed by atoms with Gasteiger partial charge >= 0.3 is 12.1 Å². The molecule has 2 aliphatic rings. The summed E-state index contributed by atoms with van der Waals surface area (Å²) >= 11 is 0. The fourth-order valence-corrected chi connectivity index (χ4v) is 5.01. The molecule has 1 aliphatic carbocycles. The summed E-state index contributed by atoms with van der Waals surface area (Å²) in [5.74, 6) is -1.59. The minimum atomic E-state index is -0.871. The molecule has 0 aromatic heterocycles. The number of alkyl carbamates (subject to hydrolysis) is 1. The topological polar surface area (TPSA) is 105 Å². The normalized spacial score (nSPS) is 20.2. The van der Waals surface area contributed by atoms with Crippen LogP contribution in [0.4, 0.5) is 4.79 Å². The minimum Gasteiger partial charge on any atom is -0.481 e. The summed E-state index contributed by atoms with van der Waals surface area (Å²) in [4.78, 5) is 38.3. The maximum Gasteiger partial charge on any atom is 0.407 e. The number of fused-ring (bicyclic) bond motifs is 3. The molecule has 2 N–H and O–H groups in total. The lowest BCUT2D eigenvalue weighted by atomic mass is 9.91. The number of carbonyl (C=O) groups is 3. The fraction of sp³-hybridized carbons (Fsp3) is 0.423. The third-order valence-electron chi connectivity index (χ3n) is 6.84. The lowest BCUT2D eigenvalue weighted by Gasteiger charge is -2.37. The maximum absolute atomic E-state index is 12.9. The number of benzene rings is 2. The molecule has 8 heteroatoms. The van der Waals surface area contributed by atoms with Crippen molar-refractivity contribution >= 4 is 18.0 Å². The molecule has 1 fully saturated rings. The second-order valence-corrected chi connectivity index (χ2v) is 8.87. The Morgan fingerprint density at radius 2 is 1.71 bits per heavy atom. The first-order chi connectivity index (χ1) is 16.4. The van der Waals surface area contributed by atoms with E-state index in [1.807, 2.05) is 31.2 Å². The second kappa shape index (κ2) is 10.3. The van der Waals surface area contributed by atoms with Gasteiger partial charge < -0.3 is 24.8 Å². The van der Waals surface area contributed by atoms with E-state index in [1.165, 1.54) is 7.11 Å². The van der Waals surface area contributed by atoms with Gasteiger partial charge in [0.05, 0.1) is 12.5 Å². The van der Waals surface area contributed by atoms with E-state index < -0.39 is 24.1 Å². The zero-order valence-electron chi connectivity index (χ0n) is 19.4. The number of rotatable bonds is 7. The molecule has 2 aromatic carbocycles. The molecule has 1 aliphatic heterocycles. The van der Waals surface area contributed by atoms with Crippen LogP contribution in [0.1, 0.15) is 36.8 Å². The Morgan fingerprint density at radius 3 is 2.26 bits per heavy atom. The summed E-state index contributed by atoms with van der Waals surface area (Å²) in [7, 11) is 1.41. The van der Waals surface area contributed by atoms with Crippen molar-refractivity contribution < 1.29 is 29.0 Å². The van der Waals surface area contributed by atoms with Crippen molar-refractivity contribution in [2.45, 2.75) is 37.8 Å². The van der Waals surface area contributed by atoms with Crippen LogP contribution in [0, 0.1) is 5.92 Å². The highest BCUT2D eigenvalue weighted by atomic mass is 16.5. The van der Waals surface area contributed by atoms with Gasteiger partial charge in [0.1, 0.15) is 6.61 Å². The lowest BCUT2D eigenvalue weighted by molar-refractivity contribution is -0.151. The molecule has 0 spiro atoms. The standard InChI is InChI=1S/C26H30N2O6/c1-16-13-17(25(30)31)11-12-28(16)24(29)23(33-2)14-27-26(32)34-15-22-20-9-5-3-7-18(20)19-8-4-6-10-21(19)22/h3-10,16-17,22-23H,11-15H2,1-2H3,(H,27,32)(H,30,31)/t16-,17-,23?/m1/s1. The number of piperidine rings is 1. The molecule has 3 atom stereocenters. The molecule has 0 bridgehead atoms. The van der Waals surface area contributed by atoms with Crippen molar-refractivity contribution in [3.8, 4) is 11.1 Å². The van der Waals surface area contributed by atoms with Gasteiger partial charge in [-0.3, -0.25) is 9.59 Å². The van der Waals surface area contributed by atoms with Crippen LogP contribution in [0.15, 0.2) is 48.5 Å². The van der Waals surface area contributed by atoms with Gasteiger partial charge in [-0.15, -0.1) is 0 Å². The van der Waals surface area contributed by atoms with E-state index in [2.05, 4.69) is 29.6 Å². The largest absolute Gasteiger partial charge is 0.481 e.